The molecule has 68 heavy (non-hydrogen) atoms. The lowest BCUT2D eigenvalue weighted by Gasteiger charge is -2.51. The molecule has 15 nitrogen and oxygen atoms in total. The summed E-state index contributed by atoms with van der Waals surface area (Å²) in [6.07, 6.45) is -12.5. The van der Waals surface area contributed by atoms with Gasteiger partial charge in [-0.1, -0.05) is 121 Å². The smallest absolute Gasteiger partial charge is 0.338 e. The number of rotatable bonds is 17. The van der Waals surface area contributed by atoms with Crippen molar-refractivity contribution in [2.24, 2.45) is 0 Å². The fourth-order valence-corrected chi connectivity index (χ4v) is 8.27. The van der Waals surface area contributed by atoms with Crippen molar-refractivity contribution in [3.63, 3.8) is 0 Å². The van der Waals surface area contributed by atoms with Gasteiger partial charge in [-0.15, -0.1) is 11.6 Å². The molecule has 3 aliphatic heterocycles. The molecule has 17 heteroatoms. The molecular weight excluding hydrogens is 921 g/mol. The molecule has 11 atom stereocenters. The number of amides is 1. The first-order valence-corrected chi connectivity index (χ1v) is 22.9. The highest BCUT2D eigenvalue weighted by Crippen LogP contribution is 2.39. The minimum atomic E-state index is -1.61. The van der Waals surface area contributed by atoms with E-state index in [4.69, 9.17) is 70.6 Å². The second-order valence-corrected chi connectivity index (χ2v) is 16.8. The van der Waals surface area contributed by atoms with Crippen LogP contribution in [0.3, 0.4) is 0 Å². The van der Waals surface area contributed by atoms with Crippen molar-refractivity contribution in [2.45, 2.75) is 87.8 Å². The Morgan fingerprint density at radius 2 is 1.24 bits per heavy atom. The Hall–Kier alpha value is -5.72. The predicted molar refractivity (Wildman–Crippen MR) is 244 cm³/mol. The molecule has 0 aliphatic carbocycles. The molecule has 5 aromatic rings. The number of esters is 3. The third-order valence-electron chi connectivity index (χ3n) is 11.3. The van der Waals surface area contributed by atoms with Crippen LogP contribution in [0.15, 0.2) is 146 Å². The molecule has 8 rings (SSSR count). The Labute approximate surface area is 402 Å². The van der Waals surface area contributed by atoms with E-state index in [1.807, 2.05) is 91.0 Å². The molecule has 3 heterocycles. The topological polar surface area (TPSA) is 173 Å². The Morgan fingerprint density at radius 1 is 0.632 bits per heavy atom. The van der Waals surface area contributed by atoms with Gasteiger partial charge in [0.1, 0.15) is 49.0 Å². The highest BCUT2D eigenvalue weighted by atomic mass is 35.5. The van der Waals surface area contributed by atoms with Gasteiger partial charge >= 0.3 is 17.9 Å². The van der Waals surface area contributed by atoms with Crippen LogP contribution in [0.2, 0.25) is 5.02 Å². The summed E-state index contributed by atoms with van der Waals surface area (Å²) in [5, 5.41) is 3.32. The average molecular weight is 971 g/mol. The zero-order valence-corrected chi connectivity index (χ0v) is 38.2. The van der Waals surface area contributed by atoms with Crippen LogP contribution in [0.1, 0.15) is 50.6 Å². The summed E-state index contributed by atoms with van der Waals surface area (Å²) in [5.41, 5.74) is 2.63. The van der Waals surface area contributed by atoms with Gasteiger partial charge in [-0.05, 0) is 47.5 Å². The number of benzene rings is 5. The zero-order chi connectivity index (χ0) is 47.4. The lowest BCUT2D eigenvalue weighted by molar-refractivity contribution is -0.382. The van der Waals surface area contributed by atoms with Crippen LogP contribution in [0.5, 0.6) is 0 Å². The molecule has 0 radical (unpaired) electrons. The van der Waals surface area contributed by atoms with Crippen LogP contribution < -0.4 is 5.32 Å². The van der Waals surface area contributed by atoms with Gasteiger partial charge in [0.2, 0.25) is 5.91 Å². The summed E-state index contributed by atoms with van der Waals surface area (Å²) in [4.78, 5) is 54.1. The van der Waals surface area contributed by atoms with Gasteiger partial charge in [0.15, 0.2) is 31.1 Å². The van der Waals surface area contributed by atoms with Crippen LogP contribution in [0.25, 0.3) is 0 Å². The third kappa shape index (κ3) is 12.5. The normalized spacial score (nSPS) is 26.7. The fraction of sp³-hybridized carbons (Fsp3) is 0.333. The Kier molecular flexibility index (Phi) is 16.9. The quantitative estimate of drug-likeness (QED) is 0.0567. The second-order valence-electron chi connectivity index (χ2n) is 16.1. The number of ether oxygens (including phenoxy) is 10. The standard InChI is InChI=1S/C51H49Cl2NO14/c1-31(55)54-41-44(59-27-32-14-6-2-7-15-32)42(38(29-60-47(57)34-18-10-4-11-19-34)63-50(41)61-28-33-16-8-3-9-17-33)68-51-46(66-48(58)35-22-24-37(53)25-23-35)45(65-40(56)26-52)43-39(64-51)30-62-49(67-43)36-20-12-5-13-21-36/h2-25,38-39,41-46,49-51H,26-30H2,1H3,(H,54,55)/t38-,39-,41-,42-,43+,44-,45+,46-,49?,50+,51+/m1/s1. The Morgan fingerprint density at radius 3 is 1.87 bits per heavy atom. The summed E-state index contributed by atoms with van der Waals surface area (Å²) in [7, 11) is 0. The van der Waals surface area contributed by atoms with E-state index in [1.165, 1.54) is 31.2 Å². The number of halogens is 2. The highest BCUT2D eigenvalue weighted by Gasteiger charge is 2.57. The van der Waals surface area contributed by atoms with Crippen molar-refractivity contribution in [2.75, 3.05) is 19.1 Å². The average Bonchev–Trinajstić information content (AvgIpc) is 3.37. The van der Waals surface area contributed by atoms with E-state index >= 15 is 0 Å². The first-order chi connectivity index (χ1) is 33.1. The molecular formula is C51H49Cl2NO14. The van der Waals surface area contributed by atoms with E-state index in [-0.39, 0.29) is 30.9 Å². The molecule has 1 amide bonds. The molecule has 3 aliphatic rings. The number of nitrogens with one attached hydrogen (secondary N) is 1. The first kappa shape index (κ1) is 48.7. The van der Waals surface area contributed by atoms with E-state index in [9.17, 15) is 19.2 Å². The molecule has 356 valence electrons. The molecule has 1 N–H and O–H groups in total. The minimum Gasteiger partial charge on any atom is -0.459 e. The maximum atomic E-state index is 14.1. The maximum Gasteiger partial charge on any atom is 0.338 e. The number of hydrogen-bond donors (Lipinski definition) is 1. The molecule has 0 aromatic heterocycles. The Bertz CT molecular complexity index is 2420. The summed E-state index contributed by atoms with van der Waals surface area (Å²) >= 11 is 12.2. The number of hydrogen-bond acceptors (Lipinski definition) is 14. The van der Waals surface area contributed by atoms with Gasteiger partial charge in [-0.2, -0.15) is 0 Å². The predicted octanol–water partition coefficient (Wildman–Crippen LogP) is 7.13. The van der Waals surface area contributed by atoms with Gasteiger partial charge < -0.3 is 52.7 Å². The van der Waals surface area contributed by atoms with E-state index in [1.54, 1.807) is 30.3 Å². The highest BCUT2D eigenvalue weighted by molar-refractivity contribution is 6.30. The molecule has 0 saturated carbocycles. The fourth-order valence-electron chi connectivity index (χ4n) is 8.08. The molecule has 0 bridgehead atoms. The van der Waals surface area contributed by atoms with Crippen LogP contribution in [-0.2, 0) is 70.2 Å². The number of fused-ring (bicyclic) bond motifs is 1. The first-order valence-electron chi connectivity index (χ1n) is 21.9. The lowest BCUT2D eigenvalue weighted by atomic mass is 9.94. The molecule has 3 fully saturated rings. The second kappa shape index (κ2) is 23.5. The van der Waals surface area contributed by atoms with Gasteiger partial charge in [-0.3, -0.25) is 9.59 Å². The lowest BCUT2D eigenvalue weighted by Crippen LogP contribution is -2.69. The van der Waals surface area contributed by atoms with Gasteiger partial charge in [0.05, 0.1) is 30.9 Å². The van der Waals surface area contributed by atoms with Crippen molar-refractivity contribution in [1.82, 2.24) is 5.32 Å². The number of carbonyl (C=O) groups excluding carboxylic acids is 4. The summed E-state index contributed by atoms with van der Waals surface area (Å²) in [6, 6.07) is 41.0. The van der Waals surface area contributed by atoms with Crippen LogP contribution in [-0.4, -0.2) is 104 Å². The van der Waals surface area contributed by atoms with Gasteiger partial charge in [0, 0.05) is 17.5 Å². The van der Waals surface area contributed by atoms with Crippen molar-refractivity contribution in [3.8, 4) is 0 Å². The Balaban J connectivity index is 1.20. The van der Waals surface area contributed by atoms with Crippen molar-refractivity contribution in [1.29, 1.82) is 0 Å². The molecule has 0 spiro atoms. The zero-order valence-electron chi connectivity index (χ0n) is 36.7. The van der Waals surface area contributed by atoms with Crippen molar-refractivity contribution in [3.05, 3.63) is 178 Å². The van der Waals surface area contributed by atoms with E-state index in [2.05, 4.69) is 5.32 Å². The van der Waals surface area contributed by atoms with Gasteiger partial charge in [-0.25, -0.2) is 9.59 Å². The SMILES string of the molecule is CC(=O)N[C@H]1[C@@H](OCc2ccccc2)O[C@H](COC(=O)c2ccccc2)[C@@H](O[C@@H]2O[C@@H]3COC(c4ccccc4)O[C@@H]3[C@H](OC(=O)CCl)[C@H]2OC(=O)c2ccc(Cl)cc2)[C@@H]1OCc1ccccc1. The largest absolute Gasteiger partial charge is 0.459 e. The summed E-state index contributed by atoms with van der Waals surface area (Å²) in [6.45, 7) is 0.890. The minimum absolute atomic E-state index is 0.00704. The summed E-state index contributed by atoms with van der Waals surface area (Å²) in [5.74, 6) is -3.37. The third-order valence-corrected chi connectivity index (χ3v) is 11.8. The number of alkyl halides is 1. The van der Waals surface area contributed by atoms with Gasteiger partial charge in [0.25, 0.3) is 0 Å². The maximum absolute atomic E-state index is 14.1. The molecule has 5 aromatic carbocycles. The van der Waals surface area contributed by atoms with Crippen LogP contribution >= 0.6 is 23.2 Å². The van der Waals surface area contributed by atoms with Crippen LogP contribution in [0, 0.1) is 0 Å². The van der Waals surface area contributed by atoms with E-state index in [0.29, 0.717) is 10.6 Å². The van der Waals surface area contributed by atoms with E-state index in [0.717, 1.165) is 11.1 Å². The summed E-state index contributed by atoms with van der Waals surface area (Å²) < 4.78 is 64.3. The monoisotopic (exact) mass is 969 g/mol. The van der Waals surface area contributed by atoms with Crippen molar-refractivity contribution >= 4 is 47.0 Å². The molecule has 3 saturated heterocycles. The van der Waals surface area contributed by atoms with Crippen LogP contribution in [0.4, 0.5) is 0 Å². The number of carbonyl (C=O) groups is 4. The molecule has 1 unspecified atom stereocenters. The van der Waals surface area contributed by atoms with Crippen molar-refractivity contribution < 1.29 is 66.5 Å². The van der Waals surface area contributed by atoms with E-state index < -0.39 is 104 Å².